The van der Waals surface area contributed by atoms with Crippen molar-refractivity contribution in [3.8, 4) is 11.1 Å². The van der Waals surface area contributed by atoms with Gasteiger partial charge < -0.3 is 20.1 Å². The van der Waals surface area contributed by atoms with Gasteiger partial charge in [-0.25, -0.2) is 0 Å². The number of fused-ring (bicyclic) bond motifs is 1. The third-order valence-electron chi connectivity index (χ3n) is 6.06. The first-order chi connectivity index (χ1) is 13.2. The third kappa shape index (κ3) is 4.50. The maximum absolute atomic E-state index is 11.0. The molecule has 0 bridgehead atoms. The molecule has 148 valence electrons. The van der Waals surface area contributed by atoms with E-state index in [9.17, 15) is 9.90 Å². The average Bonchev–Trinajstić information content (AvgIpc) is 2.58. The number of carbonyl (C=O) groups is 1. The van der Waals surface area contributed by atoms with Crippen LogP contribution in [0, 0.1) is 11.3 Å². The predicted octanol–water partition coefficient (Wildman–Crippen LogP) is 0.661. The summed E-state index contributed by atoms with van der Waals surface area (Å²) in [4.78, 5) is 13.1. The van der Waals surface area contributed by atoms with Crippen LogP contribution in [0.3, 0.4) is 0 Å². The van der Waals surface area contributed by atoms with Crippen molar-refractivity contribution in [2.75, 3.05) is 29.9 Å². The normalized spacial score (nSPS) is 17.8. The van der Waals surface area contributed by atoms with Gasteiger partial charge in [0.05, 0.1) is 0 Å². The number of nitrogens with one attached hydrogen (secondary N) is 1. The van der Waals surface area contributed by atoms with Gasteiger partial charge in [-0.2, -0.15) is 0 Å². The standard InChI is InChI=1S/C24H30N2O2.Na/c1-15(2)17-8-18-11-24(3,4)14-25-22(18)21(10-17)16-6-5-7-20(9-16)26-12-19(13-26)23(27)28;/h5-10,15,19,25H,11-14H2,1-4H3,(H,27,28);/q;+1/p-1. The Morgan fingerprint density at radius 3 is 2.59 bits per heavy atom. The van der Waals surface area contributed by atoms with Crippen molar-refractivity contribution < 1.29 is 39.5 Å². The molecule has 2 aromatic rings. The molecule has 2 heterocycles. The monoisotopic (exact) mass is 400 g/mol. The van der Waals surface area contributed by atoms with E-state index in [0.717, 1.165) is 18.7 Å². The maximum Gasteiger partial charge on any atom is 1.00 e. The molecule has 1 fully saturated rings. The van der Waals surface area contributed by atoms with Crippen molar-refractivity contribution in [2.45, 2.75) is 40.0 Å². The van der Waals surface area contributed by atoms with Gasteiger partial charge in [0, 0.05) is 48.5 Å². The summed E-state index contributed by atoms with van der Waals surface area (Å²) in [5, 5.41) is 14.7. The Morgan fingerprint density at radius 2 is 1.93 bits per heavy atom. The number of nitrogens with zero attached hydrogens (tertiary/aromatic N) is 1. The topological polar surface area (TPSA) is 55.4 Å². The quantitative estimate of drug-likeness (QED) is 0.767. The van der Waals surface area contributed by atoms with E-state index < -0.39 is 5.97 Å². The number of aliphatic carboxylic acids is 1. The fourth-order valence-corrected chi connectivity index (χ4v) is 4.25. The van der Waals surface area contributed by atoms with Crippen molar-refractivity contribution in [3.63, 3.8) is 0 Å². The van der Waals surface area contributed by atoms with Crippen molar-refractivity contribution in [3.05, 3.63) is 47.5 Å². The number of benzene rings is 2. The van der Waals surface area contributed by atoms with Gasteiger partial charge in [0.2, 0.25) is 0 Å². The van der Waals surface area contributed by atoms with Gasteiger partial charge >= 0.3 is 29.6 Å². The molecule has 5 heteroatoms. The van der Waals surface area contributed by atoms with Crippen LogP contribution in [-0.2, 0) is 11.2 Å². The van der Waals surface area contributed by atoms with E-state index in [1.165, 1.54) is 27.9 Å². The fraction of sp³-hybridized carbons (Fsp3) is 0.458. The maximum atomic E-state index is 11.0. The Balaban J connectivity index is 0.00000240. The van der Waals surface area contributed by atoms with Gasteiger partial charge in [0.15, 0.2) is 0 Å². The van der Waals surface area contributed by atoms with Gasteiger partial charge in [-0.15, -0.1) is 0 Å². The van der Waals surface area contributed by atoms with Gasteiger partial charge in [-0.1, -0.05) is 45.9 Å². The minimum atomic E-state index is -0.946. The number of carbonyl (C=O) groups excluding carboxylic acids is 1. The minimum absolute atomic E-state index is 0. The molecule has 0 amide bonds. The molecule has 4 nitrogen and oxygen atoms in total. The smallest absolute Gasteiger partial charge is 0.550 e. The number of hydrogen-bond acceptors (Lipinski definition) is 4. The van der Waals surface area contributed by atoms with E-state index in [1.54, 1.807) is 0 Å². The summed E-state index contributed by atoms with van der Waals surface area (Å²) >= 11 is 0. The number of hydrogen-bond donors (Lipinski definition) is 1. The van der Waals surface area contributed by atoms with E-state index >= 15 is 0 Å². The Labute approximate surface area is 196 Å². The van der Waals surface area contributed by atoms with E-state index in [2.05, 4.69) is 74.3 Å². The molecular formula is C24H29N2NaO2. The summed E-state index contributed by atoms with van der Waals surface area (Å²) in [6, 6.07) is 13.1. The molecule has 0 unspecified atom stereocenters. The second kappa shape index (κ2) is 8.33. The summed E-state index contributed by atoms with van der Waals surface area (Å²) < 4.78 is 0. The van der Waals surface area contributed by atoms with Crippen LogP contribution in [-0.4, -0.2) is 25.6 Å². The second-order valence-electron chi connectivity index (χ2n) is 9.42. The van der Waals surface area contributed by atoms with Crippen molar-refractivity contribution in [1.29, 1.82) is 0 Å². The van der Waals surface area contributed by atoms with Crippen molar-refractivity contribution in [2.24, 2.45) is 11.3 Å². The Bertz CT molecular complexity index is 917. The van der Waals surface area contributed by atoms with Crippen molar-refractivity contribution in [1.82, 2.24) is 0 Å². The molecule has 1 N–H and O–H groups in total. The van der Waals surface area contributed by atoms with Crippen LogP contribution in [0.15, 0.2) is 36.4 Å². The summed E-state index contributed by atoms with van der Waals surface area (Å²) in [5.74, 6) is -0.834. The molecule has 0 saturated carbocycles. The zero-order valence-electron chi connectivity index (χ0n) is 18.2. The van der Waals surface area contributed by atoms with E-state index in [1.807, 2.05) is 0 Å². The second-order valence-corrected chi connectivity index (χ2v) is 9.42. The van der Waals surface area contributed by atoms with Gasteiger partial charge in [0.25, 0.3) is 0 Å². The van der Waals surface area contributed by atoms with Crippen LogP contribution >= 0.6 is 0 Å². The van der Waals surface area contributed by atoms with Gasteiger partial charge in [0.1, 0.15) is 0 Å². The van der Waals surface area contributed by atoms with E-state index in [0.29, 0.717) is 19.0 Å². The minimum Gasteiger partial charge on any atom is -0.550 e. The molecule has 0 spiro atoms. The number of carboxylic acids is 1. The molecule has 0 radical (unpaired) electrons. The van der Waals surface area contributed by atoms with Gasteiger partial charge in [-0.3, -0.25) is 0 Å². The predicted molar refractivity (Wildman–Crippen MR) is 113 cm³/mol. The first-order valence-electron chi connectivity index (χ1n) is 10.2. The largest absolute Gasteiger partial charge is 1.00 e. The summed E-state index contributed by atoms with van der Waals surface area (Å²) in [6.45, 7) is 11.1. The van der Waals surface area contributed by atoms with E-state index in [-0.39, 0.29) is 40.9 Å². The van der Waals surface area contributed by atoms with Crippen LogP contribution in [0.4, 0.5) is 11.4 Å². The molecule has 0 aromatic heterocycles. The number of anilines is 2. The summed E-state index contributed by atoms with van der Waals surface area (Å²) in [5.41, 5.74) is 7.76. The molecule has 29 heavy (non-hydrogen) atoms. The number of carboxylic acid groups (broad SMARTS) is 1. The summed E-state index contributed by atoms with van der Waals surface area (Å²) in [7, 11) is 0. The molecule has 0 aliphatic carbocycles. The third-order valence-corrected chi connectivity index (χ3v) is 6.06. The molecule has 2 aliphatic rings. The Morgan fingerprint density at radius 1 is 1.21 bits per heavy atom. The van der Waals surface area contributed by atoms with E-state index in [4.69, 9.17) is 0 Å². The van der Waals surface area contributed by atoms with Crippen LogP contribution < -0.4 is 44.9 Å². The van der Waals surface area contributed by atoms with Crippen LogP contribution in [0.2, 0.25) is 0 Å². The number of rotatable bonds is 4. The molecule has 2 aromatic carbocycles. The molecular weight excluding hydrogens is 371 g/mol. The van der Waals surface area contributed by atoms with Gasteiger partial charge in [-0.05, 0) is 52.6 Å². The van der Waals surface area contributed by atoms with Crippen LogP contribution in [0.25, 0.3) is 11.1 Å². The first-order valence-corrected chi connectivity index (χ1v) is 10.2. The van der Waals surface area contributed by atoms with Crippen LogP contribution in [0.5, 0.6) is 0 Å². The zero-order valence-corrected chi connectivity index (χ0v) is 20.2. The molecule has 1 saturated heterocycles. The van der Waals surface area contributed by atoms with Crippen molar-refractivity contribution >= 4 is 17.3 Å². The molecule has 0 atom stereocenters. The SMILES string of the molecule is CC(C)c1cc2c(c(-c3cccc(N4CC(C(=O)[O-])C4)c3)c1)NCC(C)(C)C2.[Na+]. The van der Waals surface area contributed by atoms with Crippen LogP contribution in [0.1, 0.15) is 44.7 Å². The average molecular weight is 400 g/mol. The first kappa shape index (κ1) is 22.2. The zero-order chi connectivity index (χ0) is 20.1. The molecule has 2 aliphatic heterocycles. The fourth-order valence-electron chi connectivity index (χ4n) is 4.25. The summed E-state index contributed by atoms with van der Waals surface area (Å²) in [6.07, 6.45) is 1.07. The molecule has 4 rings (SSSR count). The Kier molecular flexibility index (Phi) is 6.38. The Hall–Kier alpha value is -1.49.